The Morgan fingerprint density at radius 1 is 0.806 bits per heavy atom. The molecule has 0 aliphatic carbocycles. The van der Waals surface area contributed by atoms with Gasteiger partial charge < -0.3 is 13.9 Å². The van der Waals surface area contributed by atoms with Crippen LogP contribution in [0.5, 0.6) is 0 Å². The molecular formula is C28H26O3. The van der Waals surface area contributed by atoms with E-state index in [9.17, 15) is 4.79 Å². The largest absolute Gasteiger partial charge is 0.455 e. The highest BCUT2D eigenvalue weighted by Crippen LogP contribution is 2.44. The van der Waals surface area contributed by atoms with E-state index in [2.05, 4.69) is 12.1 Å². The lowest BCUT2D eigenvalue weighted by atomic mass is 9.91. The summed E-state index contributed by atoms with van der Waals surface area (Å²) in [5.41, 5.74) is 5.04. The van der Waals surface area contributed by atoms with Crippen LogP contribution < -0.4 is 0 Å². The number of benzene rings is 3. The minimum Gasteiger partial charge on any atom is -0.455 e. The number of Topliss-reactive ketones (excluding diaryl/α,β-unsaturated/α-hetero) is 1. The maximum Gasteiger partial charge on any atom is 0.141 e. The van der Waals surface area contributed by atoms with Gasteiger partial charge in [-0.3, -0.25) is 0 Å². The van der Waals surface area contributed by atoms with Gasteiger partial charge in [0.1, 0.15) is 23.4 Å². The molecule has 3 aromatic carbocycles. The lowest BCUT2D eigenvalue weighted by Gasteiger charge is -2.18. The SMILES string of the molecule is COC(c1ccccc1)c1c(-c2ccccc2)oc(-c2ccccc2)c1CCC(C)=O. The number of hydrogen-bond donors (Lipinski definition) is 0. The Balaban J connectivity index is 1.99. The van der Waals surface area contributed by atoms with Crippen molar-refractivity contribution in [2.45, 2.75) is 25.9 Å². The molecule has 0 N–H and O–H groups in total. The van der Waals surface area contributed by atoms with E-state index in [-0.39, 0.29) is 11.9 Å². The van der Waals surface area contributed by atoms with Crippen molar-refractivity contribution in [1.29, 1.82) is 0 Å². The number of ketones is 1. The first-order chi connectivity index (χ1) is 15.2. The van der Waals surface area contributed by atoms with E-state index in [4.69, 9.17) is 9.15 Å². The molecule has 1 heterocycles. The molecule has 1 atom stereocenters. The van der Waals surface area contributed by atoms with Crippen molar-refractivity contribution in [3.05, 3.63) is 108 Å². The number of methoxy groups -OCH3 is 1. The van der Waals surface area contributed by atoms with Crippen molar-refractivity contribution in [2.24, 2.45) is 0 Å². The molecule has 1 unspecified atom stereocenters. The van der Waals surface area contributed by atoms with Crippen LogP contribution >= 0.6 is 0 Å². The van der Waals surface area contributed by atoms with Crippen molar-refractivity contribution >= 4 is 5.78 Å². The number of hydrogen-bond acceptors (Lipinski definition) is 3. The fourth-order valence-corrected chi connectivity index (χ4v) is 3.98. The molecule has 0 saturated carbocycles. The van der Waals surface area contributed by atoms with Gasteiger partial charge in [0.2, 0.25) is 0 Å². The first-order valence-electron chi connectivity index (χ1n) is 10.5. The first-order valence-corrected chi connectivity index (χ1v) is 10.5. The molecule has 0 fully saturated rings. The van der Waals surface area contributed by atoms with E-state index >= 15 is 0 Å². The maximum atomic E-state index is 11.9. The molecule has 156 valence electrons. The van der Waals surface area contributed by atoms with E-state index in [1.54, 1.807) is 14.0 Å². The fourth-order valence-electron chi connectivity index (χ4n) is 3.98. The maximum absolute atomic E-state index is 11.9. The summed E-state index contributed by atoms with van der Waals surface area (Å²) in [5, 5.41) is 0. The Morgan fingerprint density at radius 3 is 1.84 bits per heavy atom. The third-order valence-electron chi connectivity index (χ3n) is 5.45. The molecular weight excluding hydrogens is 384 g/mol. The summed E-state index contributed by atoms with van der Waals surface area (Å²) < 4.78 is 12.6. The van der Waals surface area contributed by atoms with E-state index in [0.29, 0.717) is 12.8 Å². The molecule has 0 amide bonds. The molecule has 31 heavy (non-hydrogen) atoms. The normalized spacial score (nSPS) is 11.9. The van der Waals surface area contributed by atoms with Crippen molar-refractivity contribution in [3.8, 4) is 22.6 Å². The number of carbonyl (C=O) groups excluding carboxylic acids is 1. The second-order valence-corrected chi connectivity index (χ2v) is 7.61. The van der Waals surface area contributed by atoms with Gasteiger partial charge in [-0.25, -0.2) is 0 Å². The topological polar surface area (TPSA) is 39.4 Å². The Morgan fingerprint density at radius 2 is 1.32 bits per heavy atom. The summed E-state index contributed by atoms with van der Waals surface area (Å²) >= 11 is 0. The molecule has 1 aromatic heterocycles. The van der Waals surface area contributed by atoms with Crippen LogP contribution in [0.15, 0.2) is 95.4 Å². The molecule has 0 saturated heterocycles. The van der Waals surface area contributed by atoms with Gasteiger partial charge in [0.15, 0.2) is 0 Å². The zero-order chi connectivity index (χ0) is 21.6. The monoisotopic (exact) mass is 410 g/mol. The van der Waals surface area contributed by atoms with Gasteiger partial charge in [-0.15, -0.1) is 0 Å². The Bertz CT molecular complexity index is 1130. The standard InChI is InChI=1S/C28H26O3/c1-20(29)18-19-24-25(27(30-2)22-14-8-4-9-15-22)28(23-16-10-5-11-17-23)31-26(24)21-12-6-3-7-13-21/h3-17,27H,18-19H2,1-2H3. The molecule has 3 nitrogen and oxygen atoms in total. The van der Waals surface area contributed by atoms with Crippen molar-refractivity contribution in [3.63, 3.8) is 0 Å². The molecule has 4 aromatic rings. The second kappa shape index (κ2) is 9.59. The van der Waals surface area contributed by atoms with Crippen LogP contribution in [0.3, 0.4) is 0 Å². The molecule has 3 heteroatoms. The zero-order valence-corrected chi connectivity index (χ0v) is 17.9. The Kier molecular flexibility index (Phi) is 6.44. The molecule has 0 bridgehead atoms. The van der Waals surface area contributed by atoms with Crippen LogP contribution in [-0.2, 0) is 16.0 Å². The van der Waals surface area contributed by atoms with E-state index in [1.165, 1.54) is 0 Å². The number of rotatable bonds is 8. The highest BCUT2D eigenvalue weighted by atomic mass is 16.5. The number of ether oxygens (including phenoxy) is 1. The van der Waals surface area contributed by atoms with E-state index < -0.39 is 0 Å². The van der Waals surface area contributed by atoms with Crippen LogP contribution in [0.4, 0.5) is 0 Å². The molecule has 0 spiro atoms. The number of furan rings is 1. The highest BCUT2D eigenvalue weighted by molar-refractivity contribution is 5.78. The highest BCUT2D eigenvalue weighted by Gasteiger charge is 2.29. The first kappa shape index (κ1) is 20.8. The summed E-state index contributed by atoms with van der Waals surface area (Å²) in [6.45, 7) is 1.63. The summed E-state index contributed by atoms with van der Waals surface area (Å²) in [6, 6.07) is 30.3. The van der Waals surface area contributed by atoms with Crippen LogP contribution in [-0.4, -0.2) is 12.9 Å². The molecule has 0 aliphatic rings. The smallest absolute Gasteiger partial charge is 0.141 e. The minimum atomic E-state index is -0.306. The number of carbonyl (C=O) groups is 1. The van der Waals surface area contributed by atoms with Gasteiger partial charge in [-0.2, -0.15) is 0 Å². The molecule has 0 radical (unpaired) electrons. The summed E-state index contributed by atoms with van der Waals surface area (Å²) in [4.78, 5) is 11.9. The van der Waals surface area contributed by atoms with Gasteiger partial charge in [-0.1, -0.05) is 91.0 Å². The average Bonchev–Trinajstić information content (AvgIpc) is 3.19. The van der Waals surface area contributed by atoms with Gasteiger partial charge in [-0.05, 0) is 18.9 Å². The summed E-state index contributed by atoms with van der Waals surface area (Å²) in [5.74, 6) is 1.74. The van der Waals surface area contributed by atoms with E-state index in [0.717, 1.165) is 39.3 Å². The van der Waals surface area contributed by atoms with Crippen LogP contribution in [0.2, 0.25) is 0 Å². The van der Waals surface area contributed by atoms with Crippen molar-refractivity contribution in [1.82, 2.24) is 0 Å². The lowest BCUT2D eigenvalue weighted by molar-refractivity contribution is -0.116. The van der Waals surface area contributed by atoms with Crippen LogP contribution in [0, 0.1) is 0 Å². The molecule has 0 aliphatic heterocycles. The molecule has 4 rings (SSSR count). The van der Waals surface area contributed by atoms with Gasteiger partial charge in [0, 0.05) is 35.8 Å². The van der Waals surface area contributed by atoms with Gasteiger partial charge >= 0.3 is 0 Å². The third kappa shape index (κ3) is 4.52. The van der Waals surface area contributed by atoms with Crippen LogP contribution in [0.1, 0.15) is 36.1 Å². The predicted octanol–water partition coefficient (Wildman–Crippen LogP) is 6.87. The average molecular weight is 411 g/mol. The van der Waals surface area contributed by atoms with Crippen molar-refractivity contribution in [2.75, 3.05) is 7.11 Å². The van der Waals surface area contributed by atoms with Crippen LogP contribution in [0.25, 0.3) is 22.6 Å². The predicted molar refractivity (Wildman–Crippen MR) is 124 cm³/mol. The Hall–Kier alpha value is -3.43. The summed E-state index contributed by atoms with van der Waals surface area (Å²) in [7, 11) is 1.72. The third-order valence-corrected chi connectivity index (χ3v) is 5.45. The minimum absolute atomic E-state index is 0.154. The fraction of sp³-hybridized carbons (Fsp3) is 0.179. The quantitative estimate of drug-likeness (QED) is 0.318. The van der Waals surface area contributed by atoms with Gasteiger partial charge in [0.25, 0.3) is 0 Å². The lowest BCUT2D eigenvalue weighted by Crippen LogP contribution is -2.08. The van der Waals surface area contributed by atoms with Gasteiger partial charge in [0.05, 0.1) is 0 Å². The summed E-state index contributed by atoms with van der Waals surface area (Å²) in [6.07, 6.45) is 0.739. The zero-order valence-electron chi connectivity index (χ0n) is 17.9. The van der Waals surface area contributed by atoms with E-state index in [1.807, 2.05) is 78.9 Å². The second-order valence-electron chi connectivity index (χ2n) is 7.61. The Labute approximate surface area is 183 Å². The van der Waals surface area contributed by atoms with Crippen molar-refractivity contribution < 1.29 is 13.9 Å².